The van der Waals surface area contributed by atoms with Gasteiger partial charge in [-0.2, -0.15) is 0 Å². The van der Waals surface area contributed by atoms with Crippen molar-refractivity contribution in [3.05, 3.63) is 34.9 Å². The molecule has 1 unspecified atom stereocenters. The average Bonchev–Trinajstić information content (AvgIpc) is 2.58. The summed E-state index contributed by atoms with van der Waals surface area (Å²) in [5, 5.41) is 14.4. The molecule has 2 rings (SSSR count). The Balaban J connectivity index is 0.00000144. The van der Waals surface area contributed by atoms with Gasteiger partial charge in [-0.1, -0.05) is 23.7 Å². The van der Waals surface area contributed by atoms with Gasteiger partial charge in [-0.05, 0) is 44.4 Å². The molecule has 0 aromatic heterocycles. The highest BCUT2D eigenvalue weighted by molar-refractivity contribution is 6.30. The van der Waals surface area contributed by atoms with E-state index in [2.05, 4.69) is 19.2 Å². The maximum atomic E-state index is 10.3. The van der Waals surface area contributed by atoms with Crippen LogP contribution in [-0.4, -0.2) is 16.7 Å². The first-order valence-corrected chi connectivity index (χ1v) is 6.07. The van der Waals surface area contributed by atoms with Crippen LogP contribution < -0.4 is 5.32 Å². The molecule has 0 spiro atoms. The van der Waals surface area contributed by atoms with E-state index >= 15 is 0 Å². The van der Waals surface area contributed by atoms with Gasteiger partial charge in [-0.25, -0.2) is 0 Å². The van der Waals surface area contributed by atoms with E-state index in [1.54, 1.807) is 0 Å². The van der Waals surface area contributed by atoms with E-state index in [0.717, 1.165) is 18.4 Å². The molecule has 96 valence electrons. The normalized spacial score (nSPS) is 24.1. The summed E-state index contributed by atoms with van der Waals surface area (Å²) in [5.41, 5.74) is 1.02. The molecule has 1 saturated heterocycles. The van der Waals surface area contributed by atoms with Crippen LogP contribution >= 0.6 is 24.0 Å². The van der Waals surface area contributed by atoms with Gasteiger partial charge in [0.2, 0.25) is 0 Å². The fraction of sp³-hybridized carbons (Fsp3) is 0.538. The third-order valence-electron chi connectivity index (χ3n) is 3.23. The van der Waals surface area contributed by atoms with Crippen LogP contribution in [0.2, 0.25) is 5.02 Å². The van der Waals surface area contributed by atoms with Crippen molar-refractivity contribution in [1.82, 2.24) is 5.32 Å². The van der Waals surface area contributed by atoms with E-state index in [1.807, 2.05) is 24.3 Å². The number of rotatable bonds is 2. The standard InChI is InChI=1S/C13H18ClNO.ClH/c1-13(2)7-6-11(15-13)12(16)9-4-3-5-10(14)8-9;/h3-5,8,11-12,15-16H,6-7H2,1-2H3;1H/t11?,12-;/m1./s1. The lowest BCUT2D eigenvalue weighted by Gasteiger charge is -2.24. The van der Waals surface area contributed by atoms with Crippen molar-refractivity contribution in [3.8, 4) is 0 Å². The molecule has 0 amide bonds. The first-order valence-electron chi connectivity index (χ1n) is 5.69. The predicted octanol–water partition coefficient (Wildman–Crippen LogP) is 3.33. The van der Waals surface area contributed by atoms with Crippen LogP contribution in [0, 0.1) is 0 Å². The van der Waals surface area contributed by atoms with Gasteiger partial charge in [-0.3, -0.25) is 0 Å². The second-order valence-electron chi connectivity index (χ2n) is 5.17. The van der Waals surface area contributed by atoms with Crippen LogP contribution in [-0.2, 0) is 0 Å². The minimum atomic E-state index is -0.472. The van der Waals surface area contributed by atoms with E-state index in [1.165, 1.54) is 0 Å². The molecule has 1 aromatic rings. The smallest absolute Gasteiger partial charge is 0.0943 e. The summed E-state index contributed by atoms with van der Waals surface area (Å²) in [7, 11) is 0. The number of nitrogens with one attached hydrogen (secondary N) is 1. The van der Waals surface area contributed by atoms with Crippen molar-refractivity contribution >= 4 is 24.0 Å². The van der Waals surface area contributed by atoms with Crippen LogP contribution in [0.25, 0.3) is 0 Å². The zero-order valence-electron chi connectivity index (χ0n) is 10.1. The predicted molar refractivity (Wildman–Crippen MR) is 73.9 cm³/mol. The topological polar surface area (TPSA) is 32.3 Å². The van der Waals surface area contributed by atoms with Gasteiger partial charge in [0.25, 0.3) is 0 Å². The molecule has 0 radical (unpaired) electrons. The molecule has 1 fully saturated rings. The highest BCUT2D eigenvalue weighted by atomic mass is 35.5. The lowest BCUT2D eigenvalue weighted by molar-refractivity contribution is 0.131. The van der Waals surface area contributed by atoms with Crippen molar-refractivity contribution in [2.45, 2.75) is 44.4 Å². The maximum absolute atomic E-state index is 10.3. The highest BCUT2D eigenvalue weighted by Gasteiger charge is 2.34. The third-order valence-corrected chi connectivity index (χ3v) is 3.46. The number of hydrogen-bond donors (Lipinski definition) is 2. The minimum absolute atomic E-state index is 0. The molecule has 1 aliphatic heterocycles. The first-order chi connectivity index (χ1) is 7.48. The van der Waals surface area contributed by atoms with E-state index in [4.69, 9.17) is 11.6 Å². The zero-order valence-corrected chi connectivity index (χ0v) is 11.7. The Hall–Kier alpha value is -0.280. The number of benzene rings is 1. The van der Waals surface area contributed by atoms with Crippen molar-refractivity contribution < 1.29 is 5.11 Å². The Bertz CT molecular complexity index is 381. The summed E-state index contributed by atoms with van der Waals surface area (Å²) in [4.78, 5) is 0. The Morgan fingerprint density at radius 1 is 1.47 bits per heavy atom. The molecular weight excluding hydrogens is 257 g/mol. The molecule has 4 heteroatoms. The van der Waals surface area contributed by atoms with Crippen LogP contribution in [0.3, 0.4) is 0 Å². The zero-order chi connectivity index (χ0) is 11.8. The molecule has 2 nitrogen and oxygen atoms in total. The molecule has 0 aliphatic carbocycles. The van der Waals surface area contributed by atoms with E-state index in [0.29, 0.717) is 5.02 Å². The third kappa shape index (κ3) is 3.59. The Labute approximate surface area is 114 Å². The van der Waals surface area contributed by atoms with E-state index in [-0.39, 0.29) is 24.0 Å². The summed E-state index contributed by atoms with van der Waals surface area (Å²) < 4.78 is 0. The number of halogens is 2. The molecule has 2 N–H and O–H groups in total. The molecule has 1 aromatic carbocycles. The van der Waals surface area contributed by atoms with Gasteiger partial charge in [0.05, 0.1) is 6.10 Å². The lowest BCUT2D eigenvalue weighted by atomic mass is 10.0. The summed E-state index contributed by atoms with van der Waals surface area (Å²) in [5.74, 6) is 0. The van der Waals surface area contributed by atoms with Crippen LogP contribution in [0.15, 0.2) is 24.3 Å². The number of hydrogen-bond acceptors (Lipinski definition) is 2. The van der Waals surface area contributed by atoms with Crippen molar-refractivity contribution in [3.63, 3.8) is 0 Å². The molecule has 0 saturated carbocycles. The largest absolute Gasteiger partial charge is 0.387 e. The maximum Gasteiger partial charge on any atom is 0.0943 e. The van der Waals surface area contributed by atoms with Crippen molar-refractivity contribution in [1.29, 1.82) is 0 Å². The van der Waals surface area contributed by atoms with Gasteiger partial charge in [-0.15, -0.1) is 12.4 Å². The van der Waals surface area contributed by atoms with Crippen LogP contribution in [0.5, 0.6) is 0 Å². The highest BCUT2D eigenvalue weighted by Crippen LogP contribution is 2.30. The number of aliphatic hydroxyl groups excluding tert-OH is 1. The molecule has 1 aliphatic rings. The lowest BCUT2D eigenvalue weighted by Crippen LogP contribution is -2.40. The van der Waals surface area contributed by atoms with Crippen molar-refractivity contribution in [2.24, 2.45) is 0 Å². The average molecular weight is 276 g/mol. The van der Waals surface area contributed by atoms with Gasteiger partial charge in [0, 0.05) is 16.6 Å². The van der Waals surface area contributed by atoms with Crippen molar-refractivity contribution in [2.75, 3.05) is 0 Å². The second-order valence-corrected chi connectivity index (χ2v) is 5.61. The second kappa shape index (κ2) is 5.57. The summed E-state index contributed by atoms with van der Waals surface area (Å²) in [6.07, 6.45) is 1.62. The molecule has 0 bridgehead atoms. The Morgan fingerprint density at radius 2 is 2.18 bits per heavy atom. The SMILES string of the molecule is CC1(C)CCC([C@H](O)c2cccc(Cl)c2)N1.Cl. The summed E-state index contributed by atoms with van der Waals surface area (Å²) >= 11 is 5.92. The summed E-state index contributed by atoms with van der Waals surface area (Å²) in [6, 6.07) is 7.58. The Kier molecular flexibility index (Phi) is 4.85. The van der Waals surface area contributed by atoms with E-state index in [9.17, 15) is 5.11 Å². The molecular formula is C13H19Cl2NO. The molecule has 17 heavy (non-hydrogen) atoms. The van der Waals surface area contributed by atoms with Gasteiger partial charge < -0.3 is 10.4 Å². The van der Waals surface area contributed by atoms with Crippen LogP contribution in [0.1, 0.15) is 38.4 Å². The molecule has 1 heterocycles. The van der Waals surface area contributed by atoms with Gasteiger partial charge in [0.1, 0.15) is 0 Å². The van der Waals surface area contributed by atoms with Gasteiger partial charge in [0.15, 0.2) is 0 Å². The molecule has 2 atom stereocenters. The minimum Gasteiger partial charge on any atom is -0.387 e. The van der Waals surface area contributed by atoms with Crippen LogP contribution in [0.4, 0.5) is 0 Å². The van der Waals surface area contributed by atoms with Gasteiger partial charge >= 0.3 is 0 Å². The van der Waals surface area contributed by atoms with E-state index < -0.39 is 6.10 Å². The Morgan fingerprint density at radius 3 is 2.71 bits per heavy atom. The fourth-order valence-electron chi connectivity index (χ4n) is 2.32. The fourth-order valence-corrected chi connectivity index (χ4v) is 2.52. The monoisotopic (exact) mass is 275 g/mol. The quantitative estimate of drug-likeness (QED) is 0.868. The summed E-state index contributed by atoms with van der Waals surface area (Å²) in [6.45, 7) is 4.33. The number of aliphatic hydroxyl groups is 1. The first kappa shape index (κ1) is 14.8.